The molecule has 1 saturated carbocycles. The number of carbonyl (C=O) groups excluding carboxylic acids is 1. The molecule has 5 heteroatoms. The van der Waals surface area contributed by atoms with Gasteiger partial charge in [-0.3, -0.25) is 4.79 Å². The predicted molar refractivity (Wildman–Crippen MR) is 118 cm³/mol. The molecule has 29 heavy (non-hydrogen) atoms. The van der Waals surface area contributed by atoms with E-state index in [4.69, 9.17) is 16.6 Å². The Kier molecular flexibility index (Phi) is 4.92. The van der Waals surface area contributed by atoms with Gasteiger partial charge < -0.3 is 4.90 Å². The average Bonchev–Trinajstić information content (AvgIpc) is 3.43. The molecule has 2 aliphatic rings. The van der Waals surface area contributed by atoms with E-state index in [1.807, 2.05) is 42.5 Å². The summed E-state index contributed by atoms with van der Waals surface area (Å²) < 4.78 is 0. The Morgan fingerprint density at radius 3 is 2.38 bits per heavy atom. The maximum absolute atomic E-state index is 13.3. The minimum atomic E-state index is -0.306. The van der Waals surface area contributed by atoms with Crippen LogP contribution in [0.3, 0.4) is 0 Å². The first-order chi connectivity index (χ1) is 14.2. The van der Waals surface area contributed by atoms with Crippen LogP contribution in [0.15, 0.2) is 60.0 Å². The van der Waals surface area contributed by atoms with Crippen molar-refractivity contribution in [3.63, 3.8) is 0 Å². The van der Waals surface area contributed by atoms with E-state index in [9.17, 15) is 4.79 Å². The summed E-state index contributed by atoms with van der Waals surface area (Å²) in [5.74, 6) is 0.745. The Balaban J connectivity index is 1.25. The molecular weight excluding hydrogens is 400 g/mol. The summed E-state index contributed by atoms with van der Waals surface area (Å²) in [7, 11) is 0. The summed E-state index contributed by atoms with van der Waals surface area (Å²) in [6.45, 7) is 1.64. The highest BCUT2D eigenvalue weighted by Gasteiger charge is 2.53. The zero-order chi connectivity index (χ0) is 19.8. The Bertz CT molecular complexity index is 1000. The first kappa shape index (κ1) is 18.8. The first-order valence-electron chi connectivity index (χ1n) is 10.2. The van der Waals surface area contributed by atoms with Crippen molar-refractivity contribution in [2.45, 2.75) is 37.0 Å². The van der Waals surface area contributed by atoms with E-state index in [1.54, 1.807) is 11.3 Å². The van der Waals surface area contributed by atoms with E-state index in [-0.39, 0.29) is 5.41 Å². The lowest BCUT2D eigenvalue weighted by molar-refractivity contribution is -0.135. The van der Waals surface area contributed by atoms with Crippen LogP contribution < -0.4 is 0 Å². The number of hydrogen-bond donors (Lipinski definition) is 0. The molecule has 1 aliphatic carbocycles. The zero-order valence-electron chi connectivity index (χ0n) is 16.2. The van der Waals surface area contributed by atoms with Crippen LogP contribution in [0, 0.1) is 0 Å². The standard InChI is InChI=1S/C24H23ClN2OS/c25-20-8-6-19(7-9-20)24(12-13-24)23(28)27-14-10-18(11-15-27)22-26-21(16-29-22)17-4-2-1-3-5-17/h1-9,16,18H,10-15H2. The largest absolute Gasteiger partial charge is 0.342 e. The molecule has 0 bridgehead atoms. The van der Waals surface area contributed by atoms with Gasteiger partial charge in [-0.1, -0.05) is 54.1 Å². The summed E-state index contributed by atoms with van der Waals surface area (Å²) in [4.78, 5) is 20.2. The van der Waals surface area contributed by atoms with Crippen LogP contribution in [0.1, 0.15) is 42.2 Å². The molecule has 0 atom stereocenters. The fourth-order valence-corrected chi connectivity index (χ4v) is 5.50. The number of benzene rings is 2. The van der Waals surface area contributed by atoms with Gasteiger partial charge in [-0.2, -0.15) is 0 Å². The number of piperidine rings is 1. The lowest BCUT2D eigenvalue weighted by Gasteiger charge is -2.34. The highest BCUT2D eigenvalue weighted by Crippen LogP contribution is 2.50. The van der Waals surface area contributed by atoms with E-state index < -0.39 is 0 Å². The fraction of sp³-hybridized carbons (Fsp3) is 0.333. The van der Waals surface area contributed by atoms with Gasteiger partial charge in [0, 0.05) is 35.0 Å². The summed E-state index contributed by atoms with van der Waals surface area (Å²) in [5, 5.41) is 4.08. The minimum Gasteiger partial charge on any atom is -0.342 e. The van der Waals surface area contributed by atoms with Crippen LogP contribution in [0.25, 0.3) is 11.3 Å². The molecule has 0 unspecified atom stereocenters. The van der Waals surface area contributed by atoms with Crippen molar-refractivity contribution in [3.05, 3.63) is 75.6 Å². The number of thiazole rings is 1. The quantitative estimate of drug-likeness (QED) is 0.524. The van der Waals surface area contributed by atoms with Crippen LogP contribution in [0.2, 0.25) is 5.02 Å². The topological polar surface area (TPSA) is 33.2 Å². The lowest BCUT2D eigenvalue weighted by atomic mass is 9.91. The van der Waals surface area contributed by atoms with Gasteiger partial charge in [0.2, 0.25) is 5.91 Å². The molecule has 0 spiro atoms. The van der Waals surface area contributed by atoms with E-state index in [2.05, 4.69) is 22.4 Å². The second kappa shape index (κ2) is 7.58. The molecule has 2 heterocycles. The number of amides is 1. The van der Waals surface area contributed by atoms with E-state index in [0.717, 1.165) is 55.1 Å². The van der Waals surface area contributed by atoms with E-state index in [1.165, 1.54) is 10.6 Å². The maximum atomic E-state index is 13.3. The van der Waals surface area contributed by atoms with Crippen LogP contribution in [-0.4, -0.2) is 28.9 Å². The number of likely N-dealkylation sites (tertiary alicyclic amines) is 1. The Labute approximate surface area is 180 Å². The van der Waals surface area contributed by atoms with Gasteiger partial charge in [-0.05, 0) is 43.4 Å². The molecule has 5 rings (SSSR count). The molecule has 0 N–H and O–H groups in total. The van der Waals surface area contributed by atoms with Gasteiger partial charge in [0.1, 0.15) is 0 Å². The van der Waals surface area contributed by atoms with E-state index in [0.29, 0.717) is 11.8 Å². The summed E-state index contributed by atoms with van der Waals surface area (Å²) in [5.41, 5.74) is 3.03. The Hall–Kier alpha value is -2.17. The first-order valence-corrected chi connectivity index (χ1v) is 11.5. The minimum absolute atomic E-state index is 0.294. The Morgan fingerprint density at radius 2 is 1.72 bits per heavy atom. The van der Waals surface area contributed by atoms with Crippen molar-refractivity contribution in [2.75, 3.05) is 13.1 Å². The second-order valence-corrected chi connectivity index (χ2v) is 9.42. The molecule has 3 nitrogen and oxygen atoms in total. The second-order valence-electron chi connectivity index (χ2n) is 8.09. The van der Waals surface area contributed by atoms with E-state index >= 15 is 0 Å². The van der Waals surface area contributed by atoms with Crippen molar-refractivity contribution in [1.82, 2.24) is 9.88 Å². The zero-order valence-corrected chi connectivity index (χ0v) is 17.8. The number of nitrogens with zero attached hydrogens (tertiary/aromatic N) is 2. The van der Waals surface area contributed by atoms with Gasteiger partial charge >= 0.3 is 0 Å². The predicted octanol–water partition coefficient (Wildman–Crippen LogP) is 5.90. The molecule has 148 valence electrons. The summed E-state index contributed by atoms with van der Waals surface area (Å²) in [6, 6.07) is 18.1. The maximum Gasteiger partial charge on any atom is 0.233 e. The highest BCUT2D eigenvalue weighted by atomic mass is 35.5. The third kappa shape index (κ3) is 3.60. The SMILES string of the molecule is O=C(N1CCC(c2nc(-c3ccccc3)cs2)CC1)C1(c2ccc(Cl)cc2)CC1. The molecule has 1 amide bonds. The highest BCUT2D eigenvalue weighted by molar-refractivity contribution is 7.10. The van der Waals surface area contributed by atoms with Gasteiger partial charge in [0.05, 0.1) is 16.1 Å². The van der Waals surface area contributed by atoms with Crippen molar-refractivity contribution < 1.29 is 4.79 Å². The number of aromatic nitrogens is 1. The van der Waals surface area contributed by atoms with Crippen LogP contribution >= 0.6 is 22.9 Å². The van der Waals surface area contributed by atoms with Gasteiger partial charge in [0.25, 0.3) is 0 Å². The lowest BCUT2D eigenvalue weighted by Crippen LogP contribution is -2.43. The number of halogens is 1. The average molecular weight is 423 g/mol. The molecule has 2 fully saturated rings. The van der Waals surface area contributed by atoms with Gasteiger partial charge in [-0.25, -0.2) is 4.98 Å². The van der Waals surface area contributed by atoms with Crippen LogP contribution in [0.4, 0.5) is 0 Å². The molecule has 1 saturated heterocycles. The third-order valence-corrected chi connectivity index (χ3v) is 7.54. The van der Waals surface area contributed by atoms with Gasteiger partial charge in [-0.15, -0.1) is 11.3 Å². The molecule has 0 radical (unpaired) electrons. The van der Waals surface area contributed by atoms with Crippen molar-refractivity contribution >= 4 is 28.8 Å². The van der Waals surface area contributed by atoms with Crippen molar-refractivity contribution in [3.8, 4) is 11.3 Å². The van der Waals surface area contributed by atoms with Crippen LogP contribution in [-0.2, 0) is 10.2 Å². The van der Waals surface area contributed by atoms with Crippen molar-refractivity contribution in [1.29, 1.82) is 0 Å². The van der Waals surface area contributed by atoms with Gasteiger partial charge in [0.15, 0.2) is 0 Å². The monoisotopic (exact) mass is 422 g/mol. The number of carbonyl (C=O) groups is 1. The third-order valence-electron chi connectivity index (χ3n) is 6.28. The van der Waals surface area contributed by atoms with Crippen LogP contribution in [0.5, 0.6) is 0 Å². The molecular formula is C24H23ClN2OS. The Morgan fingerprint density at radius 1 is 1.03 bits per heavy atom. The smallest absolute Gasteiger partial charge is 0.233 e. The molecule has 1 aliphatic heterocycles. The van der Waals surface area contributed by atoms with Crippen molar-refractivity contribution in [2.24, 2.45) is 0 Å². The number of rotatable bonds is 4. The molecule has 1 aromatic heterocycles. The molecule has 3 aromatic rings. The fourth-order valence-electron chi connectivity index (χ4n) is 4.37. The molecule has 2 aromatic carbocycles. The normalized spacial score (nSPS) is 18.6. The summed E-state index contributed by atoms with van der Waals surface area (Å²) >= 11 is 7.77. The summed E-state index contributed by atoms with van der Waals surface area (Å²) in [6.07, 6.45) is 3.87. The number of hydrogen-bond acceptors (Lipinski definition) is 3.